The molecule has 2 rings (SSSR count). The lowest BCUT2D eigenvalue weighted by Crippen LogP contribution is -1.93. The molecule has 88 valence electrons. The fraction of sp³-hybridized carbons (Fsp3) is 0.0833. The molecule has 2 aromatic rings. The molecule has 1 N–H and O–H groups in total. The van der Waals surface area contributed by atoms with Crippen molar-refractivity contribution in [1.29, 1.82) is 0 Å². The predicted molar refractivity (Wildman–Crippen MR) is 70.6 cm³/mol. The van der Waals surface area contributed by atoms with Crippen molar-refractivity contribution in [2.45, 2.75) is 6.61 Å². The van der Waals surface area contributed by atoms with Gasteiger partial charge in [0.15, 0.2) is 0 Å². The number of nitrogens with zero attached hydrogens (tertiary/aromatic N) is 1. The van der Waals surface area contributed by atoms with Crippen molar-refractivity contribution in [3.63, 3.8) is 0 Å². The summed E-state index contributed by atoms with van der Waals surface area (Å²) in [6.45, 7) is -0.150. The minimum atomic E-state index is -0.150. The van der Waals surface area contributed by atoms with Crippen LogP contribution in [0.15, 0.2) is 30.3 Å². The number of pyridine rings is 1. The molecule has 0 aliphatic carbocycles. The van der Waals surface area contributed by atoms with Crippen LogP contribution in [0.3, 0.4) is 0 Å². The van der Waals surface area contributed by atoms with Gasteiger partial charge in [-0.05, 0) is 30.3 Å². The topological polar surface area (TPSA) is 33.1 Å². The summed E-state index contributed by atoms with van der Waals surface area (Å²) in [5.74, 6) is 0. The van der Waals surface area contributed by atoms with E-state index in [0.29, 0.717) is 32.0 Å². The van der Waals surface area contributed by atoms with Gasteiger partial charge in [0, 0.05) is 10.6 Å². The fourth-order valence-electron chi connectivity index (χ4n) is 1.44. The number of hydrogen-bond donors (Lipinski definition) is 1. The van der Waals surface area contributed by atoms with Gasteiger partial charge in [-0.2, -0.15) is 0 Å². The summed E-state index contributed by atoms with van der Waals surface area (Å²) in [6.07, 6.45) is 0. The standard InChI is InChI=1S/C12H8Cl3NO/c13-7-1-3-10(14)9(5-7)12-11(15)4-2-8(6-17)16-12/h1-5,17H,6H2. The Morgan fingerprint density at radius 1 is 1.00 bits per heavy atom. The van der Waals surface area contributed by atoms with Gasteiger partial charge in [0.25, 0.3) is 0 Å². The van der Waals surface area contributed by atoms with Crippen LogP contribution in [-0.4, -0.2) is 10.1 Å². The maximum Gasteiger partial charge on any atom is 0.0907 e. The number of aromatic nitrogens is 1. The Morgan fingerprint density at radius 3 is 2.41 bits per heavy atom. The molecule has 0 atom stereocenters. The van der Waals surface area contributed by atoms with Crippen LogP contribution in [0.25, 0.3) is 11.3 Å². The van der Waals surface area contributed by atoms with Crippen LogP contribution >= 0.6 is 34.8 Å². The molecular formula is C12H8Cl3NO. The summed E-state index contributed by atoms with van der Waals surface area (Å²) < 4.78 is 0. The van der Waals surface area contributed by atoms with Gasteiger partial charge in [-0.1, -0.05) is 34.8 Å². The first-order valence-electron chi connectivity index (χ1n) is 4.83. The minimum absolute atomic E-state index is 0.150. The van der Waals surface area contributed by atoms with Crippen molar-refractivity contribution >= 4 is 34.8 Å². The van der Waals surface area contributed by atoms with Crippen molar-refractivity contribution < 1.29 is 5.11 Å². The number of rotatable bonds is 2. The average Bonchev–Trinajstić information content (AvgIpc) is 2.33. The van der Waals surface area contributed by atoms with Crippen molar-refractivity contribution in [1.82, 2.24) is 4.98 Å². The molecule has 0 amide bonds. The Bertz CT molecular complexity index is 557. The van der Waals surface area contributed by atoms with Crippen molar-refractivity contribution in [3.8, 4) is 11.3 Å². The van der Waals surface area contributed by atoms with Crippen molar-refractivity contribution in [2.75, 3.05) is 0 Å². The zero-order valence-corrected chi connectivity index (χ0v) is 10.9. The summed E-state index contributed by atoms with van der Waals surface area (Å²) in [4.78, 5) is 4.24. The molecule has 2 nitrogen and oxygen atoms in total. The third-order valence-electron chi connectivity index (χ3n) is 2.25. The van der Waals surface area contributed by atoms with E-state index < -0.39 is 0 Å². The second kappa shape index (κ2) is 5.23. The lowest BCUT2D eigenvalue weighted by atomic mass is 10.1. The fourth-order valence-corrected chi connectivity index (χ4v) is 2.02. The molecule has 0 bridgehead atoms. The third kappa shape index (κ3) is 2.72. The Labute approximate surface area is 114 Å². The molecular weight excluding hydrogens is 280 g/mol. The third-order valence-corrected chi connectivity index (χ3v) is 3.12. The highest BCUT2D eigenvalue weighted by atomic mass is 35.5. The van der Waals surface area contributed by atoms with E-state index in [4.69, 9.17) is 39.9 Å². The van der Waals surface area contributed by atoms with E-state index in [1.54, 1.807) is 30.3 Å². The van der Waals surface area contributed by atoms with Gasteiger partial charge in [-0.3, -0.25) is 0 Å². The van der Waals surface area contributed by atoms with E-state index >= 15 is 0 Å². The summed E-state index contributed by atoms with van der Waals surface area (Å²) >= 11 is 18.1. The van der Waals surface area contributed by atoms with Gasteiger partial charge < -0.3 is 5.11 Å². The van der Waals surface area contributed by atoms with Gasteiger partial charge in [-0.25, -0.2) is 4.98 Å². The van der Waals surface area contributed by atoms with Gasteiger partial charge in [-0.15, -0.1) is 0 Å². The molecule has 0 spiro atoms. The van der Waals surface area contributed by atoms with Crippen LogP contribution in [0.1, 0.15) is 5.69 Å². The molecule has 0 aliphatic rings. The quantitative estimate of drug-likeness (QED) is 0.898. The van der Waals surface area contributed by atoms with E-state index in [-0.39, 0.29) is 6.61 Å². The van der Waals surface area contributed by atoms with E-state index in [2.05, 4.69) is 4.98 Å². The molecule has 0 fully saturated rings. The molecule has 0 saturated carbocycles. The van der Waals surface area contributed by atoms with E-state index in [1.165, 1.54) is 0 Å². The Kier molecular flexibility index (Phi) is 3.89. The Hall–Kier alpha value is -0.800. The molecule has 0 unspecified atom stereocenters. The maximum absolute atomic E-state index is 9.06. The van der Waals surface area contributed by atoms with Gasteiger partial charge >= 0.3 is 0 Å². The molecule has 0 saturated heterocycles. The first-order valence-corrected chi connectivity index (χ1v) is 5.97. The number of aliphatic hydroxyl groups is 1. The van der Waals surface area contributed by atoms with Gasteiger partial charge in [0.05, 0.1) is 28.0 Å². The molecule has 1 aromatic heterocycles. The Morgan fingerprint density at radius 2 is 1.71 bits per heavy atom. The lowest BCUT2D eigenvalue weighted by molar-refractivity contribution is 0.277. The van der Waals surface area contributed by atoms with Crippen molar-refractivity contribution in [3.05, 3.63) is 51.1 Å². The second-order valence-electron chi connectivity index (χ2n) is 3.42. The summed E-state index contributed by atoms with van der Waals surface area (Å²) in [6, 6.07) is 8.40. The molecule has 1 aromatic carbocycles. The molecule has 0 aliphatic heterocycles. The van der Waals surface area contributed by atoms with Crippen LogP contribution < -0.4 is 0 Å². The smallest absolute Gasteiger partial charge is 0.0907 e. The van der Waals surface area contributed by atoms with Crippen LogP contribution in [-0.2, 0) is 6.61 Å². The number of halogens is 3. The van der Waals surface area contributed by atoms with Gasteiger partial charge in [0.1, 0.15) is 0 Å². The lowest BCUT2D eigenvalue weighted by Gasteiger charge is -2.08. The number of aliphatic hydroxyl groups excluding tert-OH is 1. The summed E-state index contributed by atoms with van der Waals surface area (Å²) in [7, 11) is 0. The molecule has 5 heteroatoms. The zero-order valence-electron chi connectivity index (χ0n) is 8.62. The highest BCUT2D eigenvalue weighted by Crippen LogP contribution is 2.33. The van der Waals surface area contributed by atoms with Gasteiger partial charge in [0.2, 0.25) is 0 Å². The second-order valence-corrected chi connectivity index (χ2v) is 4.67. The summed E-state index contributed by atoms with van der Waals surface area (Å²) in [5, 5.41) is 10.6. The first kappa shape index (κ1) is 12.7. The SMILES string of the molecule is OCc1ccc(Cl)c(-c2cc(Cl)ccc2Cl)n1. The van der Waals surface area contributed by atoms with E-state index in [0.717, 1.165) is 0 Å². The zero-order chi connectivity index (χ0) is 12.4. The Balaban J connectivity index is 2.62. The largest absolute Gasteiger partial charge is 0.390 e. The summed E-state index contributed by atoms with van der Waals surface area (Å²) in [5.41, 5.74) is 1.70. The van der Waals surface area contributed by atoms with Crippen LogP contribution in [0, 0.1) is 0 Å². The normalized spacial score (nSPS) is 10.6. The van der Waals surface area contributed by atoms with Crippen molar-refractivity contribution in [2.24, 2.45) is 0 Å². The maximum atomic E-state index is 9.06. The highest BCUT2D eigenvalue weighted by molar-refractivity contribution is 6.37. The number of benzene rings is 1. The monoisotopic (exact) mass is 287 g/mol. The number of hydrogen-bond acceptors (Lipinski definition) is 2. The van der Waals surface area contributed by atoms with E-state index in [1.807, 2.05) is 0 Å². The molecule has 17 heavy (non-hydrogen) atoms. The minimum Gasteiger partial charge on any atom is -0.390 e. The van der Waals surface area contributed by atoms with Crippen LogP contribution in [0.2, 0.25) is 15.1 Å². The van der Waals surface area contributed by atoms with Crippen LogP contribution in [0.4, 0.5) is 0 Å². The predicted octanol–water partition coefficient (Wildman–Crippen LogP) is 4.20. The molecule has 1 heterocycles. The average molecular weight is 289 g/mol. The van der Waals surface area contributed by atoms with E-state index in [9.17, 15) is 0 Å². The first-order chi connectivity index (χ1) is 8.11. The molecule has 0 radical (unpaired) electrons. The highest BCUT2D eigenvalue weighted by Gasteiger charge is 2.11. The van der Waals surface area contributed by atoms with Crippen LogP contribution in [0.5, 0.6) is 0 Å².